The molecule has 152 valence electrons. The van der Waals surface area contributed by atoms with Crippen LogP contribution in [0.2, 0.25) is 0 Å². The highest BCUT2D eigenvalue weighted by Crippen LogP contribution is 2.33. The topological polar surface area (TPSA) is 49.9 Å². The molecule has 29 heavy (non-hydrogen) atoms. The molecule has 0 atom stereocenters. The molecule has 0 unspecified atom stereocenters. The molecule has 2 amide bonds. The van der Waals surface area contributed by atoms with E-state index in [-0.39, 0.29) is 11.8 Å². The molecule has 0 aliphatic carbocycles. The first-order valence-corrected chi connectivity index (χ1v) is 10.2. The molecule has 0 radical (unpaired) electrons. The molecule has 0 saturated heterocycles. The zero-order valence-electron chi connectivity index (χ0n) is 17.4. The quantitative estimate of drug-likeness (QED) is 0.603. The van der Waals surface area contributed by atoms with Crippen LogP contribution in [-0.2, 0) is 16.1 Å². The standard InChI is InChI=1S/C24H28N2O3/c1-4-16-26-23(27)21(19-12-14-20(15-13-19)29-6-3)22(24(26)28)25(5-2)17-18-10-8-7-9-11-18/h7-15H,4-6,16-17H2,1-3H3. The third kappa shape index (κ3) is 4.34. The maximum Gasteiger partial charge on any atom is 0.277 e. The molecule has 0 N–H and O–H groups in total. The van der Waals surface area contributed by atoms with E-state index in [1.165, 1.54) is 4.90 Å². The lowest BCUT2D eigenvalue weighted by molar-refractivity contribution is -0.137. The maximum absolute atomic E-state index is 13.2. The van der Waals surface area contributed by atoms with E-state index in [4.69, 9.17) is 4.74 Å². The van der Waals surface area contributed by atoms with E-state index in [9.17, 15) is 9.59 Å². The molecule has 3 rings (SSSR count). The van der Waals surface area contributed by atoms with E-state index < -0.39 is 0 Å². The molecule has 0 spiro atoms. The minimum Gasteiger partial charge on any atom is -0.494 e. The number of likely N-dealkylation sites (N-methyl/N-ethyl adjacent to an activating group) is 1. The number of ether oxygens (including phenoxy) is 1. The lowest BCUT2D eigenvalue weighted by Gasteiger charge is -2.25. The van der Waals surface area contributed by atoms with Gasteiger partial charge in [-0.15, -0.1) is 0 Å². The number of rotatable bonds is 9. The molecule has 5 nitrogen and oxygen atoms in total. The Morgan fingerprint density at radius 3 is 2.17 bits per heavy atom. The van der Waals surface area contributed by atoms with E-state index in [2.05, 4.69) is 0 Å². The summed E-state index contributed by atoms with van der Waals surface area (Å²) >= 11 is 0. The summed E-state index contributed by atoms with van der Waals surface area (Å²) in [5, 5.41) is 0. The number of imide groups is 1. The Kier molecular flexibility index (Phi) is 6.70. The molecule has 5 heteroatoms. The van der Waals surface area contributed by atoms with Crippen molar-refractivity contribution >= 4 is 17.4 Å². The molecule has 0 saturated carbocycles. The Morgan fingerprint density at radius 2 is 1.59 bits per heavy atom. The van der Waals surface area contributed by atoms with Crippen molar-refractivity contribution in [2.75, 3.05) is 19.7 Å². The van der Waals surface area contributed by atoms with Crippen molar-refractivity contribution in [2.45, 2.75) is 33.7 Å². The molecule has 2 aromatic rings. The minimum absolute atomic E-state index is 0.210. The van der Waals surface area contributed by atoms with E-state index in [1.807, 2.05) is 80.3 Å². The van der Waals surface area contributed by atoms with Crippen molar-refractivity contribution in [1.82, 2.24) is 9.80 Å². The summed E-state index contributed by atoms with van der Waals surface area (Å²) in [5.41, 5.74) is 2.80. The molecule has 1 aliphatic heterocycles. The van der Waals surface area contributed by atoms with Crippen LogP contribution in [0.25, 0.3) is 5.57 Å². The monoisotopic (exact) mass is 392 g/mol. The predicted octanol–water partition coefficient (Wildman–Crippen LogP) is 4.10. The summed E-state index contributed by atoms with van der Waals surface area (Å²) in [6, 6.07) is 17.4. The van der Waals surface area contributed by atoms with E-state index in [0.29, 0.717) is 37.5 Å². The average Bonchev–Trinajstić information content (AvgIpc) is 2.99. The van der Waals surface area contributed by atoms with Crippen LogP contribution in [0.3, 0.4) is 0 Å². The van der Waals surface area contributed by atoms with Gasteiger partial charge in [-0.2, -0.15) is 0 Å². The zero-order valence-corrected chi connectivity index (χ0v) is 17.4. The first-order chi connectivity index (χ1) is 14.1. The normalized spacial score (nSPS) is 14.0. The van der Waals surface area contributed by atoms with Crippen LogP contribution in [-0.4, -0.2) is 41.3 Å². The van der Waals surface area contributed by atoms with Crippen molar-refractivity contribution in [3.63, 3.8) is 0 Å². The largest absolute Gasteiger partial charge is 0.494 e. The fourth-order valence-electron chi connectivity index (χ4n) is 3.58. The number of amides is 2. The van der Waals surface area contributed by atoms with Crippen LogP contribution >= 0.6 is 0 Å². The highest BCUT2D eigenvalue weighted by atomic mass is 16.5. The summed E-state index contributed by atoms with van der Waals surface area (Å²) in [4.78, 5) is 29.8. The Hall–Kier alpha value is -3.08. The third-order valence-corrected chi connectivity index (χ3v) is 4.96. The van der Waals surface area contributed by atoms with Gasteiger partial charge in [-0.3, -0.25) is 14.5 Å². The maximum atomic E-state index is 13.2. The van der Waals surface area contributed by atoms with Gasteiger partial charge in [0.15, 0.2) is 0 Å². The van der Waals surface area contributed by atoms with Gasteiger partial charge in [-0.1, -0.05) is 49.4 Å². The molecule has 1 heterocycles. The van der Waals surface area contributed by atoms with Gasteiger partial charge < -0.3 is 9.64 Å². The van der Waals surface area contributed by atoms with Crippen molar-refractivity contribution in [3.05, 3.63) is 71.4 Å². The molecular weight excluding hydrogens is 364 g/mol. The van der Waals surface area contributed by atoms with E-state index in [1.54, 1.807) is 0 Å². The van der Waals surface area contributed by atoms with Gasteiger partial charge in [0.25, 0.3) is 11.8 Å². The Balaban J connectivity index is 2.04. The molecule has 0 aromatic heterocycles. The van der Waals surface area contributed by atoms with Crippen molar-refractivity contribution in [2.24, 2.45) is 0 Å². The highest BCUT2D eigenvalue weighted by Gasteiger charge is 2.40. The van der Waals surface area contributed by atoms with Crippen LogP contribution in [0.15, 0.2) is 60.3 Å². The van der Waals surface area contributed by atoms with Crippen molar-refractivity contribution < 1.29 is 14.3 Å². The number of hydrogen-bond acceptors (Lipinski definition) is 4. The fourth-order valence-corrected chi connectivity index (χ4v) is 3.58. The van der Waals surface area contributed by atoms with Gasteiger partial charge >= 0.3 is 0 Å². The van der Waals surface area contributed by atoms with Crippen LogP contribution in [0.1, 0.15) is 38.3 Å². The van der Waals surface area contributed by atoms with Gasteiger partial charge in [-0.25, -0.2) is 0 Å². The van der Waals surface area contributed by atoms with Crippen molar-refractivity contribution in [3.8, 4) is 5.75 Å². The second-order valence-corrected chi connectivity index (χ2v) is 6.94. The van der Waals surface area contributed by atoms with Crippen LogP contribution < -0.4 is 4.74 Å². The first-order valence-electron chi connectivity index (χ1n) is 10.2. The summed E-state index contributed by atoms with van der Waals surface area (Å²) in [6.07, 6.45) is 0.728. The summed E-state index contributed by atoms with van der Waals surface area (Å²) in [5.74, 6) is 0.318. The average molecular weight is 392 g/mol. The molecule has 2 aromatic carbocycles. The van der Waals surface area contributed by atoms with Gasteiger partial charge in [0.05, 0.1) is 12.2 Å². The number of nitrogens with zero attached hydrogens (tertiary/aromatic N) is 2. The second-order valence-electron chi connectivity index (χ2n) is 6.94. The van der Waals surface area contributed by atoms with Gasteiger partial charge in [0.1, 0.15) is 11.4 Å². The molecular formula is C24H28N2O3. The van der Waals surface area contributed by atoms with Crippen LogP contribution in [0, 0.1) is 0 Å². The van der Waals surface area contributed by atoms with Gasteiger partial charge in [0, 0.05) is 19.6 Å². The van der Waals surface area contributed by atoms with Gasteiger partial charge in [-0.05, 0) is 43.5 Å². The number of benzene rings is 2. The number of hydrogen-bond donors (Lipinski definition) is 0. The summed E-state index contributed by atoms with van der Waals surface area (Å²) < 4.78 is 5.52. The third-order valence-electron chi connectivity index (χ3n) is 4.96. The van der Waals surface area contributed by atoms with Crippen LogP contribution in [0.5, 0.6) is 5.75 Å². The SMILES string of the molecule is CCCN1C(=O)C(c2ccc(OCC)cc2)=C(N(CC)Cc2ccccc2)C1=O. The number of carbonyl (C=O) groups is 2. The number of carbonyl (C=O) groups excluding carboxylic acids is 2. The predicted molar refractivity (Wildman–Crippen MR) is 114 cm³/mol. The minimum atomic E-state index is -0.220. The Bertz CT molecular complexity index is 888. The summed E-state index contributed by atoms with van der Waals surface area (Å²) in [7, 11) is 0. The van der Waals surface area contributed by atoms with Crippen LogP contribution in [0.4, 0.5) is 0 Å². The zero-order chi connectivity index (χ0) is 20.8. The molecule has 1 aliphatic rings. The lowest BCUT2D eigenvalue weighted by Crippen LogP contribution is -2.35. The lowest BCUT2D eigenvalue weighted by atomic mass is 10.0. The molecule has 0 bridgehead atoms. The van der Waals surface area contributed by atoms with Gasteiger partial charge in [0.2, 0.25) is 0 Å². The van der Waals surface area contributed by atoms with E-state index in [0.717, 1.165) is 23.3 Å². The Morgan fingerprint density at radius 1 is 0.897 bits per heavy atom. The van der Waals surface area contributed by atoms with E-state index >= 15 is 0 Å². The second kappa shape index (κ2) is 9.41. The summed E-state index contributed by atoms with van der Waals surface area (Å²) in [6.45, 7) is 8.11. The smallest absolute Gasteiger partial charge is 0.277 e. The highest BCUT2D eigenvalue weighted by molar-refractivity contribution is 6.35. The first kappa shape index (κ1) is 20.6. The molecule has 0 fully saturated rings. The fraction of sp³-hybridized carbons (Fsp3) is 0.333. The Labute approximate surface area is 172 Å². The van der Waals surface area contributed by atoms with Crippen molar-refractivity contribution in [1.29, 1.82) is 0 Å².